The Balaban J connectivity index is 1.56. The highest BCUT2D eigenvalue weighted by molar-refractivity contribution is 5.76. The number of aryl methyl sites for hydroxylation is 2. The summed E-state index contributed by atoms with van der Waals surface area (Å²) in [6, 6.07) is 0. The first kappa shape index (κ1) is 17.5. The fourth-order valence-corrected chi connectivity index (χ4v) is 3.10. The minimum atomic E-state index is 0.134. The minimum Gasteiger partial charge on any atom is -0.342 e. The number of hydrogen-bond acceptors (Lipinski definition) is 6. The quantitative estimate of drug-likeness (QED) is 0.829. The largest absolute Gasteiger partial charge is 0.342 e. The van der Waals surface area contributed by atoms with Crippen molar-refractivity contribution >= 4 is 5.91 Å². The Morgan fingerprint density at radius 3 is 2.92 bits per heavy atom. The van der Waals surface area contributed by atoms with Crippen molar-refractivity contribution in [2.45, 2.75) is 58.3 Å². The van der Waals surface area contributed by atoms with Crippen molar-refractivity contribution in [3.8, 4) is 0 Å². The van der Waals surface area contributed by atoms with Crippen LogP contribution < -0.4 is 0 Å². The van der Waals surface area contributed by atoms with E-state index in [0.29, 0.717) is 31.1 Å². The van der Waals surface area contributed by atoms with Crippen LogP contribution in [0.2, 0.25) is 0 Å². The fraction of sp³-hybridized carbons (Fsp3) is 0.611. The molecule has 3 rings (SSSR count). The molecule has 0 aliphatic carbocycles. The lowest BCUT2D eigenvalue weighted by Crippen LogP contribution is -2.39. The van der Waals surface area contributed by atoms with Gasteiger partial charge in [-0.15, -0.1) is 0 Å². The second-order valence-electron chi connectivity index (χ2n) is 6.97. The molecule has 1 fully saturated rings. The van der Waals surface area contributed by atoms with Crippen LogP contribution in [0.5, 0.6) is 0 Å². The number of carbonyl (C=O) groups excluding carboxylic acids is 1. The monoisotopic (exact) mass is 343 g/mol. The zero-order chi connectivity index (χ0) is 17.8. The zero-order valence-corrected chi connectivity index (χ0v) is 15.1. The van der Waals surface area contributed by atoms with E-state index < -0.39 is 0 Å². The van der Waals surface area contributed by atoms with Gasteiger partial charge in [0.05, 0.1) is 11.4 Å². The van der Waals surface area contributed by atoms with Crippen molar-refractivity contribution in [1.82, 2.24) is 25.0 Å². The number of hydrogen-bond donors (Lipinski definition) is 0. The molecule has 0 N–H and O–H groups in total. The Hall–Kier alpha value is -2.31. The van der Waals surface area contributed by atoms with E-state index in [1.165, 1.54) is 0 Å². The predicted octanol–water partition coefficient (Wildman–Crippen LogP) is 2.63. The standard InChI is InChI=1S/C18H25N5O2/c1-12(2)18-21-16(25-22-18)6-7-17(24)23-8-4-5-14(11-23)15-10-19-9-13(3)20-15/h9-10,12,14H,4-8,11H2,1-3H3/t14-/m0/s1. The van der Waals surface area contributed by atoms with E-state index in [-0.39, 0.29) is 17.7 Å². The molecule has 25 heavy (non-hydrogen) atoms. The molecule has 1 atom stereocenters. The molecule has 2 aromatic rings. The Labute approximate surface area is 147 Å². The van der Waals surface area contributed by atoms with Crippen molar-refractivity contribution in [2.75, 3.05) is 13.1 Å². The summed E-state index contributed by atoms with van der Waals surface area (Å²) in [6.07, 6.45) is 6.49. The first-order chi connectivity index (χ1) is 12.0. The molecule has 1 amide bonds. The summed E-state index contributed by atoms with van der Waals surface area (Å²) in [4.78, 5) is 27.6. The van der Waals surface area contributed by atoms with Gasteiger partial charge >= 0.3 is 0 Å². The average Bonchev–Trinajstić information content (AvgIpc) is 3.09. The van der Waals surface area contributed by atoms with Crippen molar-refractivity contribution in [3.63, 3.8) is 0 Å². The number of piperidine rings is 1. The van der Waals surface area contributed by atoms with Gasteiger partial charge in [0, 0.05) is 50.2 Å². The third-order valence-electron chi connectivity index (χ3n) is 4.52. The first-order valence-electron chi connectivity index (χ1n) is 8.91. The van der Waals surface area contributed by atoms with Crippen LogP contribution in [0, 0.1) is 6.92 Å². The van der Waals surface area contributed by atoms with Gasteiger partial charge in [0.1, 0.15) is 0 Å². The normalized spacial score (nSPS) is 17.9. The van der Waals surface area contributed by atoms with Gasteiger partial charge in [0.25, 0.3) is 0 Å². The lowest BCUT2D eigenvalue weighted by atomic mass is 9.94. The van der Waals surface area contributed by atoms with Gasteiger partial charge in [-0.1, -0.05) is 19.0 Å². The molecular weight excluding hydrogens is 318 g/mol. The third-order valence-corrected chi connectivity index (χ3v) is 4.52. The summed E-state index contributed by atoms with van der Waals surface area (Å²) in [5.74, 6) is 1.86. The SMILES string of the molecule is Cc1cncc([C@H]2CCCN(C(=O)CCc3nc(C(C)C)no3)C2)n1. The molecule has 7 heteroatoms. The first-order valence-corrected chi connectivity index (χ1v) is 8.91. The number of aromatic nitrogens is 4. The maximum Gasteiger partial charge on any atom is 0.227 e. The summed E-state index contributed by atoms with van der Waals surface area (Å²) in [5, 5.41) is 3.94. The lowest BCUT2D eigenvalue weighted by molar-refractivity contribution is -0.132. The van der Waals surface area contributed by atoms with Crippen molar-refractivity contribution < 1.29 is 9.32 Å². The predicted molar refractivity (Wildman–Crippen MR) is 92.0 cm³/mol. The molecule has 3 heterocycles. The van der Waals surface area contributed by atoms with E-state index in [1.54, 1.807) is 6.20 Å². The molecule has 7 nitrogen and oxygen atoms in total. The maximum absolute atomic E-state index is 12.6. The molecule has 0 radical (unpaired) electrons. The van der Waals surface area contributed by atoms with E-state index >= 15 is 0 Å². The van der Waals surface area contributed by atoms with Gasteiger partial charge in [-0.25, -0.2) is 0 Å². The average molecular weight is 343 g/mol. The minimum absolute atomic E-state index is 0.134. The smallest absolute Gasteiger partial charge is 0.227 e. The van der Waals surface area contributed by atoms with Crippen LogP contribution in [0.4, 0.5) is 0 Å². The highest BCUT2D eigenvalue weighted by atomic mass is 16.5. The van der Waals surface area contributed by atoms with Gasteiger partial charge in [0.15, 0.2) is 5.82 Å². The maximum atomic E-state index is 12.6. The summed E-state index contributed by atoms with van der Waals surface area (Å²) < 4.78 is 5.22. The summed E-state index contributed by atoms with van der Waals surface area (Å²) >= 11 is 0. The second kappa shape index (κ2) is 7.72. The van der Waals surface area contributed by atoms with E-state index in [4.69, 9.17) is 4.52 Å². The van der Waals surface area contributed by atoms with Crippen LogP contribution in [0.15, 0.2) is 16.9 Å². The summed E-state index contributed by atoms with van der Waals surface area (Å²) in [5.41, 5.74) is 1.90. The third kappa shape index (κ3) is 4.41. The number of rotatable bonds is 5. The van der Waals surface area contributed by atoms with Crippen LogP contribution in [0.1, 0.15) is 68.0 Å². The molecule has 1 saturated heterocycles. The number of amides is 1. The summed E-state index contributed by atoms with van der Waals surface area (Å²) in [7, 11) is 0. The van der Waals surface area contributed by atoms with E-state index in [9.17, 15) is 4.79 Å². The molecule has 134 valence electrons. The number of carbonyl (C=O) groups is 1. The van der Waals surface area contributed by atoms with Crippen molar-refractivity contribution in [1.29, 1.82) is 0 Å². The molecule has 1 aliphatic rings. The Morgan fingerprint density at radius 1 is 1.36 bits per heavy atom. The van der Waals surface area contributed by atoms with E-state index in [0.717, 1.165) is 30.8 Å². The Bertz CT molecular complexity index is 728. The van der Waals surface area contributed by atoms with Gasteiger partial charge in [-0.2, -0.15) is 4.98 Å². The highest BCUT2D eigenvalue weighted by Crippen LogP contribution is 2.25. The lowest BCUT2D eigenvalue weighted by Gasteiger charge is -2.32. The van der Waals surface area contributed by atoms with Gasteiger partial charge in [-0.05, 0) is 19.8 Å². The van der Waals surface area contributed by atoms with Gasteiger partial charge < -0.3 is 9.42 Å². The Kier molecular flexibility index (Phi) is 5.40. The number of nitrogens with zero attached hydrogens (tertiary/aromatic N) is 5. The number of likely N-dealkylation sites (tertiary alicyclic amines) is 1. The van der Waals surface area contributed by atoms with Crippen molar-refractivity contribution in [2.24, 2.45) is 0 Å². The molecule has 0 spiro atoms. The van der Waals surface area contributed by atoms with Gasteiger partial charge in [0.2, 0.25) is 11.8 Å². The molecule has 0 saturated carbocycles. The zero-order valence-electron chi connectivity index (χ0n) is 15.1. The molecule has 0 bridgehead atoms. The Morgan fingerprint density at radius 2 is 2.20 bits per heavy atom. The second-order valence-corrected chi connectivity index (χ2v) is 6.97. The molecule has 2 aromatic heterocycles. The van der Waals surface area contributed by atoms with Crippen LogP contribution in [-0.4, -0.2) is 44.0 Å². The molecule has 1 aliphatic heterocycles. The van der Waals surface area contributed by atoms with Crippen LogP contribution in [0.25, 0.3) is 0 Å². The summed E-state index contributed by atoms with van der Waals surface area (Å²) in [6.45, 7) is 7.48. The van der Waals surface area contributed by atoms with Crippen LogP contribution in [0.3, 0.4) is 0 Å². The fourth-order valence-electron chi connectivity index (χ4n) is 3.10. The molecule has 0 unspecified atom stereocenters. The van der Waals surface area contributed by atoms with Crippen LogP contribution >= 0.6 is 0 Å². The van der Waals surface area contributed by atoms with E-state index in [1.807, 2.05) is 31.9 Å². The topological polar surface area (TPSA) is 85.0 Å². The highest BCUT2D eigenvalue weighted by Gasteiger charge is 2.26. The molecular formula is C18H25N5O2. The van der Waals surface area contributed by atoms with Crippen molar-refractivity contribution in [3.05, 3.63) is 35.5 Å². The van der Waals surface area contributed by atoms with Crippen LogP contribution in [-0.2, 0) is 11.2 Å². The molecule has 0 aromatic carbocycles. The van der Waals surface area contributed by atoms with Gasteiger partial charge in [-0.3, -0.25) is 14.8 Å². The van der Waals surface area contributed by atoms with E-state index in [2.05, 4.69) is 20.1 Å².